The molecule has 5 N–H and O–H groups in total. The lowest BCUT2D eigenvalue weighted by molar-refractivity contribution is -0.141. The molecule has 1 saturated carbocycles. The number of ether oxygens (including phenoxy) is 2. The molecule has 8 heterocycles. The number of hydrogen-bond acceptors (Lipinski definition) is 16. The fourth-order valence-corrected chi connectivity index (χ4v) is 12.8. The highest BCUT2D eigenvalue weighted by Gasteiger charge is 2.45. The molecule has 6 aliphatic rings. The summed E-state index contributed by atoms with van der Waals surface area (Å²) in [5.74, 6) is 1.69. The lowest BCUT2D eigenvalue weighted by Crippen LogP contribution is -2.54. The number of aromatic hydroxyl groups is 1. The van der Waals surface area contributed by atoms with Crippen molar-refractivity contribution >= 4 is 46.4 Å². The lowest BCUT2D eigenvalue weighted by atomic mass is 9.91. The van der Waals surface area contributed by atoms with Crippen molar-refractivity contribution in [2.45, 2.75) is 133 Å². The molecule has 1 aliphatic carbocycles. The van der Waals surface area contributed by atoms with Gasteiger partial charge >= 0.3 is 0 Å². The van der Waals surface area contributed by atoms with Crippen molar-refractivity contribution in [2.75, 3.05) is 72.8 Å². The maximum Gasteiger partial charge on any atom is 0.243 e. The first-order valence-corrected chi connectivity index (χ1v) is 27.9. The monoisotopic (exact) mass is 1060 g/mol. The van der Waals surface area contributed by atoms with Crippen LogP contribution in [0.2, 0.25) is 5.02 Å². The van der Waals surface area contributed by atoms with Crippen molar-refractivity contribution in [1.82, 2.24) is 35.5 Å². The maximum atomic E-state index is 14.3. The number of pyridine rings is 1. The fraction of sp³-hybridized carbons (Fsp3) is 0.544. The maximum absolute atomic E-state index is 14.3. The number of anilines is 4. The molecule has 2 aromatic carbocycles. The minimum atomic E-state index is -0.799. The Kier molecular flexibility index (Phi) is 15.3. The number of rotatable bonds is 16. The van der Waals surface area contributed by atoms with Gasteiger partial charge in [0.15, 0.2) is 17.4 Å². The lowest BCUT2D eigenvalue weighted by Gasteiger charge is -2.43. The number of aromatic nitrogens is 4. The summed E-state index contributed by atoms with van der Waals surface area (Å²) in [7, 11) is 0. The predicted molar refractivity (Wildman–Crippen MR) is 290 cm³/mol. The number of carbonyl (C=O) groups excluding carboxylic acids is 2. The van der Waals surface area contributed by atoms with Crippen LogP contribution in [0.15, 0.2) is 83.5 Å². The number of phenolic OH excluding ortho intramolecular Hbond substituents is 1. The molecular weight excluding hydrogens is 986 g/mol. The number of hydrogen-bond donors (Lipinski definition) is 4. The zero-order valence-electron chi connectivity index (χ0n) is 43.8. The van der Waals surface area contributed by atoms with Crippen LogP contribution in [-0.2, 0) is 14.3 Å². The van der Waals surface area contributed by atoms with Gasteiger partial charge in [0, 0.05) is 118 Å². The molecule has 6 fully saturated rings. The first-order valence-electron chi connectivity index (χ1n) is 27.5. The average Bonchev–Trinajstić information content (AvgIpc) is 4.14. The highest BCUT2D eigenvalue weighted by molar-refractivity contribution is 6.30. The van der Waals surface area contributed by atoms with Gasteiger partial charge in [-0.1, -0.05) is 54.9 Å². The van der Waals surface area contributed by atoms with Crippen LogP contribution >= 0.6 is 11.6 Å². The van der Waals surface area contributed by atoms with E-state index in [2.05, 4.69) is 57.4 Å². The van der Waals surface area contributed by atoms with E-state index < -0.39 is 18.1 Å². The number of piperazine rings is 1. The molecule has 19 heteroatoms. The van der Waals surface area contributed by atoms with Gasteiger partial charge < -0.3 is 59.8 Å². The van der Waals surface area contributed by atoms with E-state index in [0.29, 0.717) is 51.7 Å². The second-order valence-corrected chi connectivity index (χ2v) is 22.9. The van der Waals surface area contributed by atoms with Gasteiger partial charge in [0.2, 0.25) is 17.7 Å². The summed E-state index contributed by atoms with van der Waals surface area (Å²) in [6, 6.07) is 22.0. The number of nitrogen functional groups attached to an aromatic ring is 1. The molecule has 404 valence electrons. The standard InChI is InChI=1S/C57H72ClN11O7/c1-34(2)54(57(73)68-33-42(70)25-49(68)56(72)61-35(3)37-8-10-38(58)11-9-37)51-29-52(64-76-51)66-22-15-36(16-23-66)30-65-20-17-43(18-21-65)74-44-26-45(27-44)75-53-24-39(14-19-60-53)69-40-12-13-41(69)32-67(31-40)48-28-47(62-63-55(48)59)46-6-4-5-7-50(46)71/h4-11,14,19,24,28-29,34-36,40-45,49,54,70-71H,12-13,15-18,20-23,25-27,30-33H2,1-3H3,(H2,59,63)(H,61,72)/t35-,40?,41?,42+,44?,45?,49-,54+/m0/s1. The Morgan fingerprint density at radius 2 is 1.58 bits per heavy atom. The number of phenols is 1. The third-order valence-electron chi connectivity index (χ3n) is 16.9. The topological polar surface area (TPSA) is 212 Å². The zero-order chi connectivity index (χ0) is 52.6. The van der Waals surface area contributed by atoms with Gasteiger partial charge in [0.05, 0.1) is 35.7 Å². The van der Waals surface area contributed by atoms with Gasteiger partial charge in [-0.15, -0.1) is 10.2 Å². The number of aliphatic hydroxyl groups excluding tert-OH is 1. The number of fused-ring (bicyclic) bond motifs is 2. The number of halogens is 1. The number of likely N-dealkylation sites (tertiary alicyclic amines) is 2. The number of nitrogens with zero attached hydrogens (tertiary/aromatic N) is 9. The third kappa shape index (κ3) is 11.3. The van der Waals surface area contributed by atoms with E-state index in [1.165, 1.54) is 4.90 Å². The van der Waals surface area contributed by atoms with E-state index in [1.54, 1.807) is 24.3 Å². The Morgan fingerprint density at radius 3 is 2.30 bits per heavy atom. The molecule has 3 aromatic heterocycles. The summed E-state index contributed by atoms with van der Waals surface area (Å²) in [4.78, 5) is 43.7. The Hall–Kier alpha value is -6.21. The Labute approximate surface area is 449 Å². The van der Waals surface area contributed by atoms with Crippen molar-refractivity contribution in [3.63, 3.8) is 0 Å². The number of carbonyl (C=O) groups is 2. The summed E-state index contributed by atoms with van der Waals surface area (Å²) < 4.78 is 19.0. The number of nitrogens with one attached hydrogen (secondary N) is 1. The number of aliphatic hydroxyl groups is 1. The van der Waals surface area contributed by atoms with E-state index in [1.807, 2.05) is 63.4 Å². The van der Waals surface area contributed by atoms with Crippen molar-refractivity contribution < 1.29 is 33.8 Å². The number of β-amino-alcohol motifs (C(OH)–C–C–N with tert-alkyl or cyclic N) is 1. The summed E-state index contributed by atoms with van der Waals surface area (Å²) >= 11 is 6.07. The Balaban J connectivity index is 0.600. The first-order chi connectivity index (χ1) is 36.8. The molecule has 6 atom stereocenters. The van der Waals surface area contributed by atoms with Gasteiger partial charge in [-0.2, -0.15) is 0 Å². The quantitative estimate of drug-likeness (QED) is 0.0769. The van der Waals surface area contributed by atoms with Crippen LogP contribution in [0.5, 0.6) is 11.6 Å². The number of nitrogens with two attached hydrogens (primary N) is 1. The van der Waals surface area contributed by atoms with Crippen LogP contribution in [0.4, 0.5) is 23.0 Å². The molecule has 5 aromatic rings. The van der Waals surface area contributed by atoms with Crippen LogP contribution in [-0.4, -0.2) is 147 Å². The highest BCUT2D eigenvalue weighted by Crippen LogP contribution is 2.41. The van der Waals surface area contributed by atoms with Gasteiger partial charge in [-0.25, -0.2) is 4.98 Å². The zero-order valence-corrected chi connectivity index (χ0v) is 44.5. The van der Waals surface area contributed by atoms with Gasteiger partial charge in [0.25, 0.3) is 0 Å². The molecule has 0 radical (unpaired) electrons. The Morgan fingerprint density at radius 1 is 0.842 bits per heavy atom. The van der Waals surface area contributed by atoms with Crippen molar-refractivity contribution in [2.24, 2.45) is 11.8 Å². The van der Waals surface area contributed by atoms with Crippen molar-refractivity contribution in [1.29, 1.82) is 0 Å². The van der Waals surface area contributed by atoms with Crippen LogP contribution < -0.4 is 30.5 Å². The minimum Gasteiger partial charge on any atom is -0.507 e. The molecule has 2 unspecified atom stereocenters. The predicted octanol–water partition coefficient (Wildman–Crippen LogP) is 7.21. The van der Waals surface area contributed by atoms with E-state index in [0.717, 1.165) is 120 Å². The van der Waals surface area contributed by atoms with Crippen molar-refractivity contribution in [3.05, 3.63) is 95.3 Å². The summed E-state index contributed by atoms with van der Waals surface area (Å²) in [6.45, 7) is 12.4. The minimum absolute atomic E-state index is 0.0825. The molecular formula is C57H72ClN11O7. The van der Waals surface area contributed by atoms with Crippen LogP contribution in [0.1, 0.15) is 102 Å². The molecule has 5 aliphatic heterocycles. The molecule has 5 saturated heterocycles. The summed E-state index contributed by atoms with van der Waals surface area (Å²) in [6.07, 6.45) is 9.84. The molecule has 76 heavy (non-hydrogen) atoms. The number of para-hydroxylation sites is 1. The van der Waals surface area contributed by atoms with Crippen LogP contribution in [0.3, 0.4) is 0 Å². The molecule has 2 bridgehead atoms. The molecule has 18 nitrogen and oxygen atoms in total. The van der Waals surface area contributed by atoms with Gasteiger partial charge in [-0.3, -0.25) is 9.59 Å². The first kappa shape index (κ1) is 51.9. The van der Waals surface area contributed by atoms with E-state index in [-0.39, 0.29) is 60.8 Å². The molecule has 11 rings (SSSR count). The van der Waals surface area contributed by atoms with Gasteiger partial charge in [-0.05, 0) is 99.2 Å². The summed E-state index contributed by atoms with van der Waals surface area (Å²) in [5.41, 5.74) is 10.5. The van der Waals surface area contributed by atoms with E-state index >= 15 is 0 Å². The number of benzene rings is 2. The third-order valence-corrected chi connectivity index (χ3v) is 17.1. The SMILES string of the molecule is CC(C)[C@@H](C(=O)N1C[C@H](O)C[C@H]1C(=O)N[C@@H](C)c1ccc(Cl)cc1)c1cc(N2CCC(CN3CCC(OC4CC(Oc5cc(N6C7CCC6CN(c6cc(-c8ccccc8O)nnc6N)C7)ccn5)C4)CC3)CC2)no1. The Bertz CT molecular complexity index is 2800. The van der Waals surface area contributed by atoms with Crippen molar-refractivity contribution in [3.8, 4) is 22.9 Å². The average molecular weight is 1060 g/mol. The van der Waals surface area contributed by atoms with Gasteiger partial charge in [0.1, 0.15) is 23.8 Å². The highest BCUT2D eigenvalue weighted by atomic mass is 35.5. The largest absolute Gasteiger partial charge is 0.507 e. The van der Waals surface area contributed by atoms with Crippen LogP contribution in [0.25, 0.3) is 11.3 Å². The smallest absolute Gasteiger partial charge is 0.243 e. The second kappa shape index (κ2) is 22.4. The normalized spacial score (nSPS) is 25.2. The number of piperidine rings is 2. The second-order valence-electron chi connectivity index (χ2n) is 22.5. The fourth-order valence-electron chi connectivity index (χ4n) is 12.7. The van der Waals surface area contributed by atoms with Crippen LogP contribution in [0, 0.1) is 11.8 Å². The number of amides is 2. The molecule has 2 amide bonds. The molecule has 0 spiro atoms. The van der Waals surface area contributed by atoms with E-state index in [4.69, 9.17) is 31.3 Å². The summed E-state index contributed by atoms with van der Waals surface area (Å²) in [5, 5.41) is 37.8. The van der Waals surface area contributed by atoms with E-state index in [9.17, 15) is 19.8 Å².